The first-order chi connectivity index (χ1) is 12.5. The van der Waals surface area contributed by atoms with Gasteiger partial charge in [0.1, 0.15) is 17.6 Å². The lowest BCUT2D eigenvalue weighted by atomic mass is 9.57. The van der Waals surface area contributed by atoms with Crippen LogP contribution < -0.4 is 0 Å². The van der Waals surface area contributed by atoms with E-state index in [1.807, 2.05) is 6.92 Å². The molecule has 5 heterocycles. The van der Waals surface area contributed by atoms with Gasteiger partial charge in [0.2, 0.25) is 5.79 Å². The van der Waals surface area contributed by atoms with Crippen LogP contribution in [0, 0.1) is 23.7 Å². The van der Waals surface area contributed by atoms with E-state index in [0.29, 0.717) is 17.8 Å². The smallest absolute Gasteiger partial charge is 0.201 e. The fourth-order valence-electron chi connectivity index (χ4n) is 5.97. The number of rotatable bonds is 2. The van der Waals surface area contributed by atoms with Crippen LogP contribution in [-0.4, -0.2) is 17.7 Å². The molecule has 0 unspecified atom stereocenters. The number of hydrogen-bond donors (Lipinski definition) is 0. The Kier molecular flexibility index (Phi) is 3.85. The second-order valence-corrected chi connectivity index (χ2v) is 8.98. The summed E-state index contributed by atoms with van der Waals surface area (Å²) in [4.78, 5) is 12.1. The first-order valence-electron chi connectivity index (χ1n) is 10.3. The van der Waals surface area contributed by atoms with Crippen molar-refractivity contribution in [3.63, 3.8) is 0 Å². The fraction of sp³-hybridized carbons (Fsp3) is 0.810. The molecule has 0 aromatic carbocycles. The van der Waals surface area contributed by atoms with Gasteiger partial charge < -0.3 is 13.9 Å². The van der Waals surface area contributed by atoms with E-state index in [2.05, 4.69) is 32.9 Å². The molecule has 0 amide bonds. The highest BCUT2D eigenvalue weighted by molar-refractivity contribution is 5.16. The highest BCUT2D eigenvalue weighted by Gasteiger charge is 2.69. The van der Waals surface area contributed by atoms with Gasteiger partial charge in [-0.25, -0.2) is 9.78 Å². The molecule has 5 fully saturated rings. The highest BCUT2D eigenvalue weighted by Crippen LogP contribution is 2.62. The summed E-state index contributed by atoms with van der Waals surface area (Å²) >= 11 is 0. The zero-order chi connectivity index (χ0) is 18.1. The number of furan rings is 1. The first kappa shape index (κ1) is 17.2. The van der Waals surface area contributed by atoms with Crippen LogP contribution >= 0.6 is 0 Å². The van der Waals surface area contributed by atoms with Crippen LogP contribution in [0.15, 0.2) is 16.5 Å². The van der Waals surface area contributed by atoms with Crippen molar-refractivity contribution < 1.29 is 23.7 Å². The zero-order valence-corrected chi connectivity index (χ0v) is 16.2. The Bertz CT molecular complexity index is 686. The van der Waals surface area contributed by atoms with Gasteiger partial charge in [0.15, 0.2) is 11.9 Å². The maximum Gasteiger partial charge on any atom is 0.201 e. The summed E-state index contributed by atoms with van der Waals surface area (Å²) in [7, 11) is 0. The van der Waals surface area contributed by atoms with Crippen molar-refractivity contribution in [1.82, 2.24) is 0 Å². The Hall–Kier alpha value is -0.880. The van der Waals surface area contributed by atoms with Gasteiger partial charge in [-0.05, 0) is 56.1 Å². The van der Waals surface area contributed by atoms with Gasteiger partial charge >= 0.3 is 0 Å². The van der Waals surface area contributed by atoms with E-state index < -0.39 is 17.7 Å². The van der Waals surface area contributed by atoms with Crippen molar-refractivity contribution in [2.24, 2.45) is 23.7 Å². The lowest BCUT2D eigenvalue weighted by molar-refractivity contribution is -0.572. The summed E-state index contributed by atoms with van der Waals surface area (Å²) < 4.78 is 19.0. The molecule has 1 saturated carbocycles. The van der Waals surface area contributed by atoms with Crippen LogP contribution in [0.1, 0.15) is 71.0 Å². The third kappa shape index (κ3) is 2.24. The van der Waals surface area contributed by atoms with Crippen molar-refractivity contribution in [3.8, 4) is 0 Å². The van der Waals surface area contributed by atoms with Crippen molar-refractivity contribution >= 4 is 0 Å². The lowest BCUT2D eigenvalue weighted by Gasteiger charge is -2.60. The van der Waals surface area contributed by atoms with E-state index in [9.17, 15) is 0 Å². The van der Waals surface area contributed by atoms with Crippen molar-refractivity contribution in [3.05, 3.63) is 23.7 Å². The average molecular weight is 362 g/mol. The Morgan fingerprint density at radius 2 is 1.92 bits per heavy atom. The predicted molar refractivity (Wildman–Crippen MR) is 93.9 cm³/mol. The van der Waals surface area contributed by atoms with Crippen LogP contribution in [0.2, 0.25) is 0 Å². The summed E-state index contributed by atoms with van der Waals surface area (Å²) in [6, 6.07) is 4.12. The molecule has 8 atom stereocenters. The lowest BCUT2D eigenvalue weighted by Crippen LogP contribution is -2.69. The molecular formula is C21H30O5. The fourth-order valence-corrected chi connectivity index (χ4v) is 5.97. The highest BCUT2D eigenvalue weighted by atomic mass is 17.3. The molecule has 4 aliphatic heterocycles. The van der Waals surface area contributed by atoms with Gasteiger partial charge in [-0.1, -0.05) is 20.8 Å². The van der Waals surface area contributed by atoms with Crippen LogP contribution in [0.3, 0.4) is 0 Å². The van der Waals surface area contributed by atoms with E-state index in [1.165, 1.54) is 6.42 Å². The summed E-state index contributed by atoms with van der Waals surface area (Å²) in [5.74, 6) is 2.80. The molecule has 6 rings (SSSR count). The summed E-state index contributed by atoms with van der Waals surface area (Å²) in [6.45, 7) is 8.68. The van der Waals surface area contributed by atoms with E-state index in [4.69, 9.17) is 23.7 Å². The maximum absolute atomic E-state index is 6.58. The average Bonchev–Trinajstić information content (AvgIpc) is 2.99. The molecular weight excluding hydrogens is 332 g/mol. The molecule has 0 N–H and O–H groups in total. The Morgan fingerprint density at radius 1 is 1.08 bits per heavy atom. The summed E-state index contributed by atoms with van der Waals surface area (Å²) in [6.07, 6.45) is 4.62. The number of hydrogen-bond acceptors (Lipinski definition) is 5. The van der Waals surface area contributed by atoms with Crippen molar-refractivity contribution in [2.75, 3.05) is 0 Å². The van der Waals surface area contributed by atoms with Gasteiger partial charge in [-0.2, -0.15) is 0 Å². The minimum atomic E-state index is -0.722. The zero-order valence-electron chi connectivity index (χ0n) is 16.2. The van der Waals surface area contributed by atoms with E-state index in [-0.39, 0.29) is 12.0 Å². The Labute approximate surface area is 155 Å². The predicted octanol–water partition coefficient (Wildman–Crippen LogP) is 4.77. The van der Waals surface area contributed by atoms with Gasteiger partial charge in [-0.3, -0.25) is 0 Å². The molecule has 5 aliphatic rings. The molecule has 1 aromatic rings. The molecule has 5 heteroatoms. The largest absolute Gasteiger partial charge is 0.463 e. The normalized spacial score (nSPS) is 50.3. The molecule has 2 bridgehead atoms. The third-order valence-electron chi connectivity index (χ3n) is 7.47. The molecule has 1 spiro atoms. The molecule has 5 nitrogen and oxygen atoms in total. The molecule has 1 aromatic heterocycles. The number of fused-ring (bicyclic) bond motifs is 2. The standard InChI is InChI=1S/C21H30O5/c1-5-14-7-9-17(22-14)18-13(3)16-8-6-12(2)15-10-11-20(4)24-19(23-18)21(15,16)26-25-20/h7,9,12-13,15-16,18-19H,5-6,8,10-11H2,1-4H3/t12-,13-,15+,16+,18-,19-,20+,21-/m1/s1. The topological polar surface area (TPSA) is 50.1 Å². The van der Waals surface area contributed by atoms with Crippen LogP contribution in [0.25, 0.3) is 0 Å². The molecule has 4 saturated heterocycles. The number of ether oxygens (including phenoxy) is 2. The minimum Gasteiger partial charge on any atom is -0.463 e. The number of aryl methyl sites for hydroxylation is 1. The molecule has 0 radical (unpaired) electrons. The van der Waals surface area contributed by atoms with Crippen LogP contribution in [-0.2, 0) is 25.7 Å². The molecule has 1 aliphatic carbocycles. The summed E-state index contributed by atoms with van der Waals surface area (Å²) in [5, 5.41) is 0. The van der Waals surface area contributed by atoms with Gasteiger partial charge in [0.05, 0.1) is 0 Å². The SMILES string of the molecule is CCc1ccc([C@@H]2O[C@@H]3O[C@]4(C)CC[C@H]5[C@H](C)CC[C@@H]([C@H]2C)[C@@]35OO4)o1. The molecule has 26 heavy (non-hydrogen) atoms. The minimum absolute atomic E-state index is 0.100. The van der Waals surface area contributed by atoms with Gasteiger partial charge in [0.25, 0.3) is 0 Å². The quantitative estimate of drug-likeness (QED) is 0.710. The second-order valence-electron chi connectivity index (χ2n) is 8.98. The maximum atomic E-state index is 6.58. The van der Waals surface area contributed by atoms with E-state index in [0.717, 1.165) is 37.2 Å². The van der Waals surface area contributed by atoms with Crippen LogP contribution in [0.4, 0.5) is 0 Å². The van der Waals surface area contributed by atoms with Gasteiger partial charge in [0, 0.05) is 18.8 Å². The molecule has 144 valence electrons. The van der Waals surface area contributed by atoms with Crippen molar-refractivity contribution in [2.45, 2.75) is 83.6 Å². The second kappa shape index (κ2) is 5.81. The van der Waals surface area contributed by atoms with E-state index in [1.54, 1.807) is 0 Å². The first-order valence-corrected chi connectivity index (χ1v) is 10.3. The van der Waals surface area contributed by atoms with Crippen LogP contribution in [0.5, 0.6) is 0 Å². The van der Waals surface area contributed by atoms with Crippen molar-refractivity contribution in [1.29, 1.82) is 0 Å². The Balaban J connectivity index is 1.56. The third-order valence-corrected chi connectivity index (χ3v) is 7.47. The van der Waals surface area contributed by atoms with E-state index >= 15 is 0 Å². The Morgan fingerprint density at radius 3 is 2.69 bits per heavy atom. The summed E-state index contributed by atoms with van der Waals surface area (Å²) in [5.41, 5.74) is -0.496. The van der Waals surface area contributed by atoms with Gasteiger partial charge in [-0.15, -0.1) is 0 Å². The monoisotopic (exact) mass is 362 g/mol.